The van der Waals surface area contributed by atoms with E-state index in [1.54, 1.807) is 0 Å². The molecule has 0 heterocycles. The molecular formula is C12H18N2O. The maximum atomic E-state index is 7.41. The number of hydrogen-bond acceptors (Lipinski definition) is 2. The largest absolute Gasteiger partial charge is 0.384 e. The minimum atomic E-state index is 0.102. The van der Waals surface area contributed by atoms with Gasteiger partial charge in [-0.15, -0.1) is 0 Å². The van der Waals surface area contributed by atoms with Crippen molar-refractivity contribution in [2.75, 3.05) is 6.61 Å². The molecule has 0 saturated carbocycles. The predicted molar refractivity (Wildman–Crippen MR) is 62.0 cm³/mol. The Bertz CT molecular complexity index is 323. The first-order valence-corrected chi connectivity index (χ1v) is 5.25. The second kappa shape index (κ2) is 6.19. The van der Waals surface area contributed by atoms with Gasteiger partial charge >= 0.3 is 0 Å². The number of unbranched alkanes of at least 4 members (excludes halogenated alkanes) is 1. The maximum absolute atomic E-state index is 7.41. The highest BCUT2D eigenvalue weighted by atomic mass is 16.5. The molecule has 0 aromatic heterocycles. The maximum Gasteiger partial charge on any atom is 0.123 e. The van der Waals surface area contributed by atoms with Crippen LogP contribution >= 0.6 is 0 Å². The lowest BCUT2D eigenvalue weighted by atomic mass is 10.1. The van der Waals surface area contributed by atoms with Crippen molar-refractivity contribution in [1.29, 1.82) is 5.41 Å². The first-order chi connectivity index (χ1) is 7.25. The first kappa shape index (κ1) is 11.7. The molecule has 0 atom stereocenters. The Kier molecular flexibility index (Phi) is 4.84. The summed E-state index contributed by atoms with van der Waals surface area (Å²) in [7, 11) is 0. The molecule has 15 heavy (non-hydrogen) atoms. The average molecular weight is 206 g/mol. The predicted octanol–water partition coefficient (Wildman–Crippen LogP) is 2.29. The lowest BCUT2D eigenvalue weighted by Gasteiger charge is -2.08. The van der Waals surface area contributed by atoms with E-state index in [0.717, 1.165) is 30.6 Å². The van der Waals surface area contributed by atoms with Gasteiger partial charge in [0.1, 0.15) is 5.84 Å². The Hall–Kier alpha value is -1.35. The third kappa shape index (κ3) is 3.72. The van der Waals surface area contributed by atoms with Crippen LogP contribution in [-0.2, 0) is 11.3 Å². The molecule has 1 aromatic carbocycles. The molecule has 0 aliphatic carbocycles. The lowest BCUT2D eigenvalue weighted by molar-refractivity contribution is 0.118. The van der Waals surface area contributed by atoms with Crippen LogP contribution in [0, 0.1) is 5.41 Å². The SMILES string of the molecule is CCCCOCc1ccccc1C(=N)N. The summed E-state index contributed by atoms with van der Waals surface area (Å²) >= 11 is 0. The van der Waals surface area contributed by atoms with Gasteiger partial charge in [-0.2, -0.15) is 0 Å². The van der Waals surface area contributed by atoms with E-state index in [0.29, 0.717) is 6.61 Å². The van der Waals surface area contributed by atoms with Crippen LogP contribution in [0.5, 0.6) is 0 Å². The smallest absolute Gasteiger partial charge is 0.123 e. The van der Waals surface area contributed by atoms with Crippen molar-refractivity contribution in [1.82, 2.24) is 0 Å². The molecule has 0 bridgehead atoms. The molecule has 0 fully saturated rings. The van der Waals surface area contributed by atoms with Crippen LogP contribution in [0.3, 0.4) is 0 Å². The van der Waals surface area contributed by atoms with Crippen LogP contribution in [-0.4, -0.2) is 12.4 Å². The molecular weight excluding hydrogens is 188 g/mol. The Morgan fingerprint density at radius 3 is 2.80 bits per heavy atom. The van der Waals surface area contributed by atoms with Gasteiger partial charge in [0.25, 0.3) is 0 Å². The fourth-order valence-electron chi connectivity index (χ4n) is 1.34. The van der Waals surface area contributed by atoms with E-state index in [1.807, 2.05) is 24.3 Å². The zero-order chi connectivity index (χ0) is 11.1. The monoisotopic (exact) mass is 206 g/mol. The number of ether oxygens (including phenoxy) is 1. The molecule has 0 aliphatic rings. The number of benzene rings is 1. The molecule has 0 saturated heterocycles. The van der Waals surface area contributed by atoms with Gasteiger partial charge in [0, 0.05) is 12.2 Å². The molecule has 1 rings (SSSR count). The third-order valence-corrected chi connectivity index (χ3v) is 2.21. The van der Waals surface area contributed by atoms with Gasteiger partial charge < -0.3 is 10.5 Å². The first-order valence-electron chi connectivity index (χ1n) is 5.25. The quantitative estimate of drug-likeness (QED) is 0.426. The van der Waals surface area contributed by atoms with Crippen molar-refractivity contribution in [3.63, 3.8) is 0 Å². The number of amidine groups is 1. The van der Waals surface area contributed by atoms with E-state index < -0.39 is 0 Å². The van der Waals surface area contributed by atoms with Crippen molar-refractivity contribution < 1.29 is 4.74 Å². The number of nitrogens with one attached hydrogen (secondary N) is 1. The molecule has 3 heteroatoms. The van der Waals surface area contributed by atoms with Gasteiger partial charge in [-0.1, -0.05) is 37.6 Å². The third-order valence-electron chi connectivity index (χ3n) is 2.21. The number of rotatable bonds is 6. The molecule has 3 N–H and O–H groups in total. The van der Waals surface area contributed by atoms with Crippen molar-refractivity contribution in [2.45, 2.75) is 26.4 Å². The summed E-state index contributed by atoms with van der Waals surface area (Å²) in [5.41, 5.74) is 7.23. The normalized spacial score (nSPS) is 10.2. The van der Waals surface area contributed by atoms with E-state index >= 15 is 0 Å². The van der Waals surface area contributed by atoms with Crippen LogP contribution in [0.1, 0.15) is 30.9 Å². The van der Waals surface area contributed by atoms with Crippen LogP contribution in [0.4, 0.5) is 0 Å². The molecule has 0 aliphatic heterocycles. The van der Waals surface area contributed by atoms with Crippen molar-refractivity contribution >= 4 is 5.84 Å². The lowest BCUT2D eigenvalue weighted by Crippen LogP contribution is -2.14. The van der Waals surface area contributed by atoms with Crippen molar-refractivity contribution in [3.05, 3.63) is 35.4 Å². The molecule has 3 nitrogen and oxygen atoms in total. The summed E-state index contributed by atoms with van der Waals surface area (Å²) in [6.07, 6.45) is 2.20. The molecule has 0 amide bonds. The van der Waals surface area contributed by atoms with Crippen LogP contribution in [0.2, 0.25) is 0 Å². The summed E-state index contributed by atoms with van der Waals surface area (Å²) in [4.78, 5) is 0. The summed E-state index contributed by atoms with van der Waals surface area (Å²) in [5.74, 6) is 0.102. The van der Waals surface area contributed by atoms with Crippen LogP contribution in [0.25, 0.3) is 0 Å². The van der Waals surface area contributed by atoms with E-state index in [-0.39, 0.29) is 5.84 Å². The fraction of sp³-hybridized carbons (Fsp3) is 0.417. The summed E-state index contributed by atoms with van der Waals surface area (Å²) in [6, 6.07) is 7.61. The molecule has 82 valence electrons. The van der Waals surface area contributed by atoms with Gasteiger partial charge in [-0.25, -0.2) is 0 Å². The average Bonchev–Trinajstić information content (AvgIpc) is 2.25. The van der Waals surface area contributed by atoms with Gasteiger partial charge in [0.2, 0.25) is 0 Å². The molecule has 0 spiro atoms. The highest BCUT2D eigenvalue weighted by molar-refractivity contribution is 5.96. The summed E-state index contributed by atoms with van der Waals surface area (Å²) in [6.45, 7) is 3.44. The standard InChI is InChI=1S/C12H18N2O/c1-2-3-8-15-9-10-6-4-5-7-11(10)12(13)14/h4-7H,2-3,8-9H2,1H3,(H3,13,14). The minimum absolute atomic E-state index is 0.102. The number of hydrogen-bond donors (Lipinski definition) is 2. The Morgan fingerprint density at radius 2 is 2.13 bits per heavy atom. The van der Waals surface area contributed by atoms with Crippen LogP contribution in [0.15, 0.2) is 24.3 Å². The van der Waals surface area contributed by atoms with Crippen LogP contribution < -0.4 is 5.73 Å². The van der Waals surface area contributed by atoms with E-state index in [9.17, 15) is 0 Å². The zero-order valence-electron chi connectivity index (χ0n) is 9.12. The number of nitrogens with two attached hydrogens (primary N) is 1. The minimum Gasteiger partial charge on any atom is -0.384 e. The van der Waals surface area contributed by atoms with Gasteiger partial charge in [-0.3, -0.25) is 5.41 Å². The number of nitrogen functional groups attached to an aromatic ring is 1. The van der Waals surface area contributed by atoms with Crippen molar-refractivity contribution in [3.8, 4) is 0 Å². The van der Waals surface area contributed by atoms with Crippen molar-refractivity contribution in [2.24, 2.45) is 5.73 Å². The van der Waals surface area contributed by atoms with Gasteiger partial charge in [-0.05, 0) is 12.0 Å². The van der Waals surface area contributed by atoms with E-state index in [1.165, 1.54) is 0 Å². The van der Waals surface area contributed by atoms with E-state index in [2.05, 4.69) is 6.92 Å². The Labute approximate surface area is 90.8 Å². The highest BCUT2D eigenvalue weighted by Gasteiger charge is 2.03. The highest BCUT2D eigenvalue weighted by Crippen LogP contribution is 2.09. The molecule has 1 aromatic rings. The van der Waals surface area contributed by atoms with Gasteiger partial charge in [0.15, 0.2) is 0 Å². The van der Waals surface area contributed by atoms with Gasteiger partial charge in [0.05, 0.1) is 6.61 Å². The van der Waals surface area contributed by atoms with E-state index in [4.69, 9.17) is 15.9 Å². The fourth-order valence-corrected chi connectivity index (χ4v) is 1.34. The summed E-state index contributed by atoms with van der Waals surface area (Å²) in [5, 5.41) is 7.41. The topological polar surface area (TPSA) is 59.1 Å². The molecule has 0 radical (unpaired) electrons. The Balaban J connectivity index is 2.56. The summed E-state index contributed by atoms with van der Waals surface area (Å²) < 4.78 is 5.50. The Morgan fingerprint density at radius 1 is 1.40 bits per heavy atom. The second-order valence-corrected chi connectivity index (χ2v) is 3.48. The second-order valence-electron chi connectivity index (χ2n) is 3.48. The molecule has 0 unspecified atom stereocenters. The zero-order valence-corrected chi connectivity index (χ0v) is 9.12.